The maximum absolute atomic E-state index is 11.1. The van der Waals surface area contributed by atoms with Gasteiger partial charge in [-0.1, -0.05) is 20.8 Å². The van der Waals surface area contributed by atoms with Crippen molar-refractivity contribution in [2.24, 2.45) is 46.3 Å². The Kier molecular flexibility index (Phi) is 5.36. The highest BCUT2D eigenvalue weighted by Crippen LogP contribution is 2.68. The summed E-state index contributed by atoms with van der Waals surface area (Å²) >= 11 is 0. The van der Waals surface area contributed by atoms with E-state index in [4.69, 9.17) is 5.11 Å². The third kappa shape index (κ3) is 3.14. The largest absolute Gasteiger partial charge is 0.481 e. The number of carboxylic acids is 1. The highest BCUT2D eigenvalue weighted by atomic mass is 16.4. The lowest BCUT2D eigenvalue weighted by Crippen LogP contribution is -2.58. The van der Waals surface area contributed by atoms with E-state index in [9.17, 15) is 15.0 Å². The molecule has 4 nitrogen and oxygen atoms in total. The van der Waals surface area contributed by atoms with Crippen molar-refractivity contribution in [3.05, 3.63) is 0 Å². The fourth-order valence-electron chi connectivity index (χ4n) is 8.81. The summed E-state index contributed by atoms with van der Waals surface area (Å²) in [5.74, 6) is 2.61. The monoisotopic (exact) mass is 392 g/mol. The smallest absolute Gasteiger partial charge is 0.303 e. The molecule has 0 amide bonds. The van der Waals surface area contributed by atoms with Gasteiger partial charge in [-0.15, -0.1) is 0 Å². The van der Waals surface area contributed by atoms with E-state index >= 15 is 0 Å². The second kappa shape index (κ2) is 7.27. The molecule has 4 heteroatoms. The van der Waals surface area contributed by atoms with Crippen LogP contribution in [-0.2, 0) is 4.79 Å². The van der Waals surface area contributed by atoms with E-state index in [2.05, 4.69) is 20.8 Å². The number of carbonyl (C=O) groups is 1. The molecule has 10 atom stereocenters. The topological polar surface area (TPSA) is 77.8 Å². The van der Waals surface area contributed by atoms with E-state index in [0.717, 1.165) is 32.1 Å². The zero-order chi connectivity index (χ0) is 20.3. The molecule has 0 saturated heterocycles. The van der Waals surface area contributed by atoms with Gasteiger partial charge in [-0.25, -0.2) is 0 Å². The molecule has 0 aromatic heterocycles. The van der Waals surface area contributed by atoms with E-state index in [1.54, 1.807) is 0 Å². The lowest BCUT2D eigenvalue weighted by Gasteiger charge is -2.62. The third-order valence-electron chi connectivity index (χ3n) is 10.2. The zero-order valence-corrected chi connectivity index (χ0v) is 17.9. The summed E-state index contributed by atoms with van der Waals surface area (Å²) in [5, 5.41) is 30.4. The molecule has 0 aromatic rings. The predicted octanol–water partition coefficient (Wildman–Crippen LogP) is 4.48. The van der Waals surface area contributed by atoms with Crippen LogP contribution in [0.3, 0.4) is 0 Å². The second-order valence-electron chi connectivity index (χ2n) is 11.4. The van der Waals surface area contributed by atoms with Crippen LogP contribution in [-0.4, -0.2) is 33.5 Å². The van der Waals surface area contributed by atoms with Crippen LogP contribution >= 0.6 is 0 Å². The summed E-state index contributed by atoms with van der Waals surface area (Å²) in [4.78, 5) is 11.1. The van der Waals surface area contributed by atoms with Crippen molar-refractivity contribution < 1.29 is 20.1 Å². The standard InChI is InChI=1S/C24H40O4/c1-14(4-7-22(27)28)17-5-6-18-16-13-21(26)20-12-15(25)8-10-24(20,3)19(16)9-11-23(17,18)2/h14-21,25-26H,4-13H2,1-3H3,(H,27,28)/t14-,15-,16-,17+,18-,19-,20-,21+,23+,24-/m1/s1. The van der Waals surface area contributed by atoms with Crippen molar-refractivity contribution in [2.75, 3.05) is 0 Å². The average Bonchev–Trinajstić information content (AvgIpc) is 2.99. The van der Waals surface area contributed by atoms with Gasteiger partial charge in [0.1, 0.15) is 0 Å². The summed E-state index contributed by atoms with van der Waals surface area (Å²) < 4.78 is 0. The predicted molar refractivity (Wildman–Crippen MR) is 109 cm³/mol. The normalized spacial score (nSPS) is 51.7. The molecule has 4 saturated carbocycles. The Bertz CT molecular complexity index is 605. The molecule has 160 valence electrons. The number of aliphatic hydroxyl groups is 2. The lowest BCUT2D eigenvalue weighted by atomic mass is 9.44. The molecule has 4 aliphatic carbocycles. The van der Waals surface area contributed by atoms with Gasteiger partial charge in [-0.3, -0.25) is 4.79 Å². The van der Waals surface area contributed by atoms with Crippen molar-refractivity contribution in [3.8, 4) is 0 Å². The maximum Gasteiger partial charge on any atom is 0.303 e. The maximum atomic E-state index is 11.1. The van der Waals surface area contributed by atoms with Crippen LogP contribution < -0.4 is 0 Å². The first kappa shape index (κ1) is 20.7. The van der Waals surface area contributed by atoms with Crippen LogP contribution in [0.4, 0.5) is 0 Å². The minimum absolute atomic E-state index is 0.176. The van der Waals surface area contributed by atoms with Crippen molar-refractivity contribution in [3.63, 3.8) is 0 Å². The molecule has 4 fully saturated rings. The van der Waals surface area contributed by atoms with Gasteiger partial charge in [0, 0.05) is 6.42 Å². The molecule has 3 N–H and O–H groups in total. The van der Waals surface area contributed by atoms with Crippen LogP contribution in [0, 0.1) is 46.3 Å². The molecular weight excluding hydrogens is 352 g/mol. The number of aliphatic hydroxyl groups excluding tert-OH is 2. The first-order valence-corrected chi connectivity index (χ1v) is 11.7. The lowest BCUT2D eigenvalue weighted by molar-refractivity contribution is -0.172. The Balaban J connectivity index is 1.55. The SMILES string of the molecule is C[C@H](CCC(=O)O)[C@@H]1CC[C@@H]2[C@H]3C[C@H](O)[C@H]4C[C@H](O)CC[C@]4(C)[C@@H]3CC[C@]21C. The first-order chi connectivity index (χ1) is 13.2. The zero-order valence-electron chi connectivity index (χ0n) is 17.9. The Morgan fingerprint density at radius 2 is 1.64 bits per heavy atom. The number of hydrogen-bond acceptors (Lipinski definition) is 3. The van der Waals surface area contributed by atoms with Crippen molar-refractivity contribution >= 4 is 5.97 Å². The van der Waals surface area contributed by atoms with Gasteiger partial charge in [0.15, 0.2) is 0 Å². The van der Waals surface area contributed by atoms with Crippen molar-refractivity contribution in [1.82, 2.24) is 0 Å². The molecule has 4 aliphatic rings. The first-order valence-electron chi connectivity index (χ1n) is 11.7. The van der Waals surface area contributed by atoms with E-state index in [1.807, 2.05) is 0 Å². The van der Waals surface area contributed by atoms with Gasteiger partial charge < -0.3 is 15.3 Å². The van der Waals surface area contributed by atoms with Gasteiger partial charge in [0.05, 0.1) is 12.2 Å². The molecule has 0 aromatic carbocycles. The minimum atomic E-state index is -0.677. The Labute approximate surface area is 170 Å². The van der Waals surface area contributed by atoms with Gasteiger partial charge >= 0.3 is 5.97 Å². The van der Waals surface area contributed by atoms with Crippen molar-refractivity contribution in [1.29, 1.82) is 0 Å². The van der Waals surface area contributed by atoms with Gasteiger partial charge in [0.25, 0.3) is 0 Å². The number of fused-ring (bicyclic) bond motifs is 5. The number of rotatable bonds is 4. The van der Waals surface area contributed by atoms with E-state index in [-0.39, 0.29) is 30.0 Å². The van der Waals surface area contributed by atoms with Gasteiger partial charge in [0.2, 0.25) is 0 Å². The summed E-state index contributed by atoms with van der Waals surface area (Å²) in [6, 6.07) is 0. The molecule has 0 aliphatic heterocycles. The van der Waals surface area contributed by atoms with Crippen LogP contribution in [0.1, 0.15) is 85.0 Å². The van der Waals surface area contributed by atoms with E-state index < -0.39 is 5.97 Å². The van der Waals surface area contributed by atoms with Gasteiger partial charge in [-0.2, -0.15) is 0 Å². The number of hydrogen-bond donors (Lipinski definition) is 3. The van der Waals surface area contributed by atoms with Crippen LogP contribution in [0.2, 0.25) is 0 Å². The second-order valence-corrected chi connectivity index (χ2v) is 11.4. The fourth-order valence-corrected chi connectivity index (χ4v) is 8.81. The fraction of sp³-hybridized carbons (Fsp3) is 0.958. The number of carboxylic acid groups (broad SMARTS) is 1. The summed E-state index contributed by atoms with van der Waals surface area (Å²) in [5.41, 5.74) is 0.478. The molecule has 0 bridgehead atoms. The van der Waals surface area contributed by atoms with Crippen molar-refractivity contribution in [2.45, 2.75) is 97.2 Å². The molecule has 4 rings (SSSR count). The molecule has 0 spiro atoms. The molecule has 0 unspecified atom stereocenters. The number of aliphatic carboxylic acids is 1. The van der Waals surface area contributed by atoms with Gasteiger partial charge in [-0.05, 0) is 104 Å². The highest BCUT2D eigenvalue weighted by molar-refractivity contribution is 5.66. The van der Waals surface area contributed by atoms with Crippen LogP contribution in [0.15, 0.2) is 0 Å². The van der Waals surface area contributed by atoms with E-state index in [0.29, 0.717) is 35.0 Å². The van der Waals surface area contributed by atoms with Crippen LogP contribution in [0.5, 0.6) is 0 Å². The molecular formula is C24H40O4. The molecule has 0 radical (unpaired) electrons. The average molecular weight is 393 g/mol. The minimum Gasteiger partial charge on any atom is -0.481 e. The summed E-state index contributed by atoms with van der Waals surface area (Å²) in [6.07, 6.45) is 9.16. The highest BCUT2D eigenvalue weighted by Gasteiger charge is 2.62. The summed E-state index contributed by atoms with van der Waals surface area (Å²) in [6.45, 7) is 7.16. The quantitative estimate of drug-likeness (QED) is 0.659. The Morgan fingerprint density at radius 1 is 0.964 bits per heavy atom. The third-order valence-corrected chi connectivity index (χ3v) is 10.2. The Hall–Kier alpha value is -0.610. The Morgan fingerprint density at radius 3 is 2.36 bits per heavy atom. The molecule has 0 heterocycles. The summed E-state index contributed by atoms with van der Waals surface area (Å²) in [7, 11) is 0. The van der Waals surface area contributed by atoms with E-state index in [1.165, 1.54) is 25.7 Å². The van der Waals surface area contributed by atoms with Crippen LogP contribution in [0.25, 0.3) is 0 Å². The molecule has 28 heavy (non-hydrogen) atoms.